The molecule has 88 valence electrons. The first-order valence-corrected chi connectivity index (χ1v) is 5.59. The lowest BCUT2D eigenvalue weighted by Crippen LogP contribution is -2.44. The molecule has 1 saturated carbocycles. The summed E-state index contributed by atoms with van der Waals surface area (Å²) in [5, 5.41) is 6.89. The zero-order valence-corrected chi connectivity index (χ0v) is 9.73. The van der Waals surface area contributed by atoms with Crippen molar-refractivity contribution in [1.82, 2.24) is 9.78 Å². The van der Waals surface area contributed by atoms with Gasteiger partial charge in [-0.1, -0.05) is 6.42 Å². The summed E-state index contributed by atoms with van der Waals surface area (Å²) < 4.78 is 1.64. The number of aryl methyl sites for hydroxylation is 1. The molecule has 0 spiro atoms. The lowest BCUT2D eigenvalue weighted by atomic mass is 9.84. The van der Waals surface area contributed by atoms with E-state index in [1.54, 1.807) is 24.0 Å². The molecule has 16 heavy (non-hydrogen) atoms. The Bertz CT molecular complexity index is 400. The van der Waals surface area contributed by atoms with E-state index in [0.29, 0.717) is 5.82 Å². The minimum Gasteiger partial charge on any atom is -0.327 e. The van der Waals surface area contributed by atoms with Gasteiger partial charge in [-0.25, -0.2) is 0 Å². The third-order valence-corrected chi connectivity index (χ3v) is 3.61. The lowest BCUT2D eigenvalue weighted by molar-refractivity contribution is -0.125. The summed E-state index contributed by atoms with van der Waals surface area (Å²) in [4.78, 5) is 12.2. The van der Waals surface area contributed by atoms with Crippen LogP contribution in [0.2, 0.25) is 0 Å². The standard InChI is InChI=1S/C11H18N4O/c1-11(6-3-4-8(11)12)10(16)14-9-5-7-13-15(9)2/h5,7-8H,3-4,6,12H2,1-2H3,(H,14,16). The maximum Gasteiger partial charge on any atom is 0.233 e. The fourth-order valence-corrected chi connectivity index (χ4v) is 2.23. The topological polar surface area (TPSA) is 72.9 Å². The van der Waals surface area contributed by atoms with Gasteiger partial charge in [-0.15, -0.1) is 0 Å². The first kappa shape index (κ1) is 11.1. The van der Waals surface area contributed by atoms with Crippen LogP contribution < -0.4 is 11.1 Å². The van der Waals surface area contributed by atoms with E-state index in [0.717, 1.165) is 19.3 Å². The van der Waals surface area contributed by atoms with Gasteiger partial charge in [0.1, 0.15) is 5.82 Å². The van der Waals surface area contributed by atoms with Crippen molar-refractivity contribution in [2.24, 2.45) is 18.2 Å². The second-order valence-electron chi connectivity index (χ2n) is 4.71. The number of carbonyl (C=O) groups is 1. The van der Waals surface area contributed by atoms with E-state index in [-0.39, 0.29) is 11.9 Å². The van der Waals surface area contributed by atoms with Gasteiger partial charge in [0.25, 0.3) is 0 Å². The number of hydrogen-bond acceptors (Lipinski definition) is 3. The number of carbonyl (C=O) groups excluding carboxylic acids is 1. The van der Waals surface area contributed by atoms with E-state index in [9.17, 15) is 4.79 Å². The first-order valence-electron chi connectivity index (χ1n) is 5.59. The molecule has 0 aromatic carbocycles. The molecule has 0 aliphatic heterocycles. The largest absolute Gasteiger partial charge is 0.327 e. The van der Waals surface area contributed by atoms with Crippen LogP contribution in [0, 0.1) is 5.41 Å². The summed E-state index contributed by atoms with van der Waals surface area (Å²) in [6, 6.07) is 1.74. The molecule has 5 nitrogen and oxygen atoms in total. The average molecular weight is 222 g/mol. The van der Waals surface area contributed by atoms with Crippen molar-refractivity contribution in [1.29, 1.82) is 0 Å². The van der Waals surface area contributed by atoms with Crippen LogP contribution in [0.15, 0.2) is 12.3 Å². The van der Waals surface area contributed by atoms with Crippen LogP contribution in [-0.2, 0) is 11.8 Å². The molecule has 1 aromatic rings. The molecular formula is C11H18N4O. The predicted octanol–water partition coefficient (Wildman–Crippen LogP) is 0.876. The van der Waals surface area contributed by atoms with Crippen LogP contribution in [0.3, 0.4) is 0 Å². The number of rotatable bonds is 2. The molecule has 1 fully saturated rings. The Labute approximate surface area is 95.0 Å². The third kappa shape index (κ3) is 1.71. The van der Waals surface area contributed by atoms with E-state index in [2.05, 4.69) is 10.4 Å². The van der Waals surface area contributed by atoms with Gasteiger partial charge >= 0.3 is 0 Å². The highest BCUT2D eigenvalue weighted by molar-refractivity contribution is 5.95. The predicted molar refractivity (Wildman–Crippen MR) is 61.8 cm³/mol. The SMILES string of the molecule is Cn1nccc1NC(=O)C1(C)CCCC1N. The molecule has 1 amide bonds. The van der Waals surface area contributed by atoms with Crippen molar-refractivity contribution < 1.29 is 4.79 Å². The highest BCUT2D eigenvalue weighted by Crippen LogP contribution is 2.37. The van der Waals surface area contributed by atoms with E-state index < -0.39 is 5.41 Å². The second-order valence-corrected chi connectivity index (χ2v) is 4.71. The van der Waals surface area contributed by atoms with Gasteiger partial charge in [0.2, 0.25) is 5.91 Å². The van der Waals surface area contributed by atoms with Crippen molar-refractivity contribution in [3.8, 4) is 0 Å². The Balaban J connectivity index is 2.11. The van der Waals surface area contributed by atoms with Crippen LogP contribution in [0.25, 0.3) is 0 Å². The van der Waals surface area contributed by atoms with E-state index in [1.165, 1.54) is 0 Å². The highest BCUT2D eigenvalue weighted by atomic mass is 16.2. The summed E-state index contributed by atoms with van der Waals surface area (Å²) in [6.07, 6.45) is 4.47. The number of nitrogens with two attached hydrogens (primary N) is 1. The molecule has 2 atom stereocenters. The molecule has 2 rings (SSSR count). The minimum atomic E-state index is -0.440. The van der Waals surface area contributed by atoms with Crippen LogP contribution in [0.1, 0.15) is 26.2 Å². The quantitative estimate of drug-likeness (QED) is 0.780. The van der Waals surface area contributed by atoms with E-state index >= 15 is 0 Å². The molecule has 0 saturated heterocycles. The Kier molecular flexibility index (Phi) is 2.71. The molecule has 2 unspecified atom stereocenters. The molecule has 1 aliphatic carbocycles. The van der Waals surface area contributed by atoms with Crippen molar-refractivity contribution in [3.05, 3.63) is 12.3 Å². The summed E-state index contributed by atoms with van der Waals surface area (Å²) in [6.45, 7) is 1.94. The number of aromatic nitrogens is 2. The van der Waals surface area contributed by atoms with Gasteiger partial charge < -0.3 is 11.1 Å². The summed E-state index contributed by atoms with van der Waals surface area (Å²) in [5.41, 5.74) is 5.56. The van der Waals surface area contributed by atoms with E-state index in [4.69, 9.17) is 5.73 Å². The van der Waals surface area contributed by atoms with Gasteiger partial charge in [-0.3, -0.25) is 9.48 Å². The van der Waals surface area contributed by atoms with Gasteiger partial charge in [-0.05, 0) is 19.8 Å². The molecule has 5 heteroatoms. The Morgan fingerprint density at radius 3 is 3.00 bits per heavy atom. The zero-order chi connectivity index (χ0) is 11.8. The number of anilines is 1. The number of hydrogen-bond donors (Lipinski definition) is 2. The Morgan fingerprint density at radius 2 is 2.50 bits per heavy atom. The number of nitrogens with zero attached hydrogens (tertiary/aromatic N) is 2. The maximum atomic E-state index is 12.2. The second kappa shape index (κ2) is 3.90. The minimum absolute atomic E-state index is 0.00102. The Hall–Kier alpha value is -1.36. The van der Waals surface area contributed by atoms with Crippen molar-refractivity contribution in [2.45, 2.75) is 32.2 Å². The first-order chi connectivity index (χ1) is 7.54. The summed E-state index contributed by atoms with van der Waals surface area (Å²) in [5.74, 6) is 0.714. The van der Waals surface area contributed by atoms with Gasteiger partial charge in [0, 0.05) is 19.2 Å². The molecular weight excluding hydrogens is 204 g/mol. The molecule has 0 radical (unpaired) electrons. The van der Waals surface area contributed by atoms with Crippen LogP contribution in [0.4, 0.5) is 5.82 Å². The number of amides is 1. The van der Waals surface area contributed by atoms with Crippen LogP contribution in [-0.4, -0.2) is 21.7 Å². The smallest absolute Gasteiger partial charge is 0.233 e. The lowest BCUT2D eigenvalue weighted by Gasteiger charge is -2.27. The highest BCUT2D eigenvalue weighted by Gasteiger charge is 2.43. The summed E-state index contributed by atoms with van der Waals surface area (Å²) in [7, 11) is 1.80. The third-order valence-electron chi connectivity index (χ3n) is 3.61. The van der Waals surface area contributed by atoms with Crippen molar-refractivity contribution in [2.75, 3.05) is 5.32 Å². The Morgan fingerprint density at radius 1 is 1.75 bits per heavy atom. The number of nitrogens with one attached hydrogen (secondary N) is 1. The zero-order valence-electron chi connectivity index (χ0n) is 9.73. The fraction of sp³-hybridized carbons (Fsp3) is 0.636. The average Bonchev–Trinajstić information content (AvgIpc) is 2.77. The summed E-state index contributed by atoms with van der Waals surface area (Å²) >= 11 is 0. The van der Waals surface area contributed by atoms with Gasteiger partial charge in [0.05, 0.1) is 11.6 Å². The van der Waals surface area contributed by atoms with Gasteiger partial charge in [-0.2, -0.15) is 5.10 Å². The molecule has 1 heterocycles. The van der Waals surface area contributed by atoms with Gasteiger partial charge in [0.15, 0.2) is 0 Å². The molecule has 3 N–H and O–H groups in total. The molecule has 1 aromatic heterocycles. The van der Waals surface area contributed by atoms with Crippen molar-refractivity contribution in [3.63, 3.8) is 0 Å². The molecule has 0 bridgehead atoms. The van der Waals surface area contributed by atoms with Crippen molar-refractivity contribution >= 4 is 11.7 Å². The van der Waals surface area contributed by atoms with E-state index in [1.807, 2.05) is 6.92 Å². The maximum absolute atomic E-state index is 12.2. The van der Waals surface area contributed by atoms with Crippen LogP contribution >= 0.6 is 0 Å². The molecule has 1 aliphatic rings. The normalized spacial score (nSPS) is 29.3. The fourth-order valence-electron chi connectivity index (χ4n) is 2.23. The monoisotopic (exact) mass is 222 g/mol. The van der Waals surface area contributed by atoms with Crippen LogP contribution in [0.5, 0.6) is 0 Å².